The summed E-state index contributed by atoms with van der Waals surface area (Å²) < 4.78 is 1.61. The Labute approximate surface area is 157 Å². The maximum atomic E-state index is 12.8. The maximum absolute atomic E-state index is 12.8. The summed E-state index contributed by atoms with van der Waals surface area (Å²) in [5.74, 6) is 1.73. The Hall–Kier alpha value is -3.29. The first-order valence-corrected chi connectivity index (χ1v) is 8.97. The van der Waals surface area contributed by atoms with Gasteiger partial charge in [-0.2, -0.15) is 5.10 Å². The highest BCUT2D eigenvalue weighted by Crippen LogP contribution is 2.25. The Bertz CT molecular complexity index is 889. The lowest BCUT2D eigenvalue weighted by atomic mass is 9.95. The number of amides is 1. The van der Waals surface area contributed by atoms with Crippen molar-refractivity contribution in [3.8, 4) is 5.82 Å². The molecule has 0 unspecified atom stereocenters. The minimum absolute atomic E-state index is 0.0306. The lowest BCUT2D eigenvalue weighted by molar-refractivity contribution is -0.122. The number of aromatic nitrogens is 5. The van der Waals surface area contributed by atoms with E-state index in [-0.39, 0.29) is 11.8 Å². The van der Waals surface area contributed by atoms with Crippen LogP contribution < -0.4 is 9.80 Å². The van der Waals surface area contributed by atoms with Gasteiger partial charge in [0.2, 0.25) is 5.91 Å². The van der Waals surface area contributed by atoms with Gasteiger partial charge in [-0.25, -0.2) is 19.6 Å². The molecule has 3 aromatic rings. The van der Waals surface area contributed by atoms with Crippen molar-refractivity contribution in [3.63, 3.8) is 0 Å². The first kappa shape index (κ1) is 17.1. The van der Waals surface area contributed by atoms with Gasteiger partial charge >= 0.3 is 0 Å². The second kappa shape index (κ2) is 7.53. The van der Waals surface area contributed by atoms with Gasteiger partial charge in [0.25, 0.3) is 0 Å². The standard InChI is InChI=1S/C19H21N7O/c1-24(16-5-3-2-4-6-16)19(27)15-7-9-25(10-8-15)17-11-18(22-13-21-17)26-14-20-12-23-26/h2-6,11-15H,7-10H2,1H3. The number of anilines is 2. The first-order valence-electron chi connectivity index (χ1n) is 8.97. The molecule has 3 heterocycles. The molecule has 0 radical (unpaired) electrons. The second-order valence-corrected chi connectivity index (χ2v) is 6.57. The fourth-order valence-corrected chi connectivity index (χ4v) is 3.37. The van der Waals surface area contributed by atoms with Crippen LogP contribution in [0.3, 0.4) is 0 Å². The molecule has 2 aromatic heterocycles. The summed E-state index contributed by atoms with van der Waals surface area (Å²) in [7, 11) is 1.85. The van der Waals surface area contributed by atoms with Crippen molar-refractivity contribution in [1.82, 2.24) is 24.7 Å². The molecule has 0 spiro atoms. The Morgan fingerprint density at radius 2 is 1.81 bits per heavy atom. The van der Waals surface area contributed by atoms with Gasteiger partial charge in [-0.05, 0) is 25.0 Å². The summed E-state index contributed by atoms with van der Waals surface area (Å²) in [6.07, 6.45) is 6.22. The largest absolute Gasteiger partial charge is 0.356 e. The van der Waals surface area contributed by atoms with Crippen LogP contribution in [0.1, 0.15) is 12.8 Å². The summed E-state index contributed by atoms with van der Waals surface area (Å²) >= 11 is 0. The Morgan fingerprint density at radius 3 is 2.52 bits per heavy atom. The van der Waals surface area contributed by atoms with Crippen molar-refractivity contribution in [3.05, 3.63) is 55.4 Å². The van der Waals surface area contributed by atoms with Crippen LogP contribution in [-0.4, -0.2) is 50.8 Å². The van der Waals surface area contributed by atoms with Gasteiger partial charge in [0.1, 0.15) is 24.8 Å². The molecule has 1 fully saturated rings. The topological polar surface area (TPSA) is 80.0 Å². The number of para-hydroxylation sites is 1. The van der Waals surface area contributed by atoms with Crippen LogP contribution in [0, 0.1) is 5.92 Å². The molecule has 138 valence electrons. The zero-order valence-corrected chi connectivity index (χ0v) is 15.1. The number of hydrogen-bond acceptors (Lipinski definition) is 6. The van der Waals surface area contributed by atoms with E-state index in [0.717, 1.165) is 37.4 Å². The first-order chi connectivity index (χ1) is 13.2. The SMILES string of the molecule is CN(C(=O)C1CCN(c2cc(-n3cncn3)ncn2)CC1)c1ccccc1. The quantitative estimate of drug-likeness (QED) is 0.705. The summed E-state index contributed by atoms with van der Waals surface area (Å²) in [5.41, 5.74) is 0.929. The Morgan fingerprint density at radius 1 is 1.07 bits per heavy atom. The van der Waals surface area contributed by atoms with E-state index < -0.39 is 0 Å². The molecule has 1 aliphatic rings. The van der Waals surface area contributed by atoms with Gasteiger partial charge in [0, 0.05) is 37.8 Å². The molecule has 0 bridgehead atoms. The predicted octanol–water partition coefficient (Wildman–Crippen LogP) is 1.94. The molecular weight excluding hydrogens is 342 g/mol. The van der Waals surface area contributed by atoms with Crippen molar-refractivity contribution < 1.29 is 4.79 Å². The predicted molar refractivity (Wildman–Crippen MR) is 102 cm³/mol. The van der Waals surface area contributed by atoms with Gasteiger partial charge < -0.3 is 9.80 Å². The summed E-state index contributed by atoms with van der Waals surface area (Å²) in [5, 5.41) is 4.10. The minimum atomic E-state index is 0.0306. The van der Waals surface area contributed by atoms with E-state index in [1.807, 2.05) is 43.4 Å². The molecular formula is C19H21N7O. The zero-order valence-electron chi connectivity index (χ0n) is 15.1. The molecule has 1 amide bonds. The minimum Gasteiger partial charge on any atom is -0.356 e. The highest BCUT2D eigenvalue weighted by Gasteiger charge is 2.28. The highest BCUT2D eigenvalue weighted by molar-refractivity contribution is 5.94. The summed E-state index contributed by atoms with van der Waals surface area (Å²) in [6.45, 7) is 1.57. The molecule has 4 rings (SSSR count). The van der Waals surface area contributed by atoms with Crippen molar-refractivity contribution in [2.75, 3.05) is 29.9 Å². The number of rotatable bonds is 4. The van der Waals surface area contributed by atoms with Gasteiger partial charge in [0.15, 0.2) is 5.82 Å². The number of carbonyl (C=O) groups excluding carboxylic acids is 1. The van der Waals surface area contributed by atoms with Gasteiger partial charge in [0.05, 0.1) is 0 Å². The highest BCUT2D eigenvalue weighted by atomic mass is 16.2. The molecule has 0 N–H and O–H groups in total. The number of hydrogen-bond donors (Lipinski definition) is 0. The van der Waals surface area contributed by atoms with E-state index in [1.54, 1.807) is 15.9 Å². The van der Waals surface area contributed by atoms with E-state index in [9.17, 15) is 4.79 Å². The second-order valence-electron chi connectivity index (χ2n) is 6.57. The maximum Gasteiger partial charge on any atom is 0.229 e. The van der Waals surface area contributed by atoms with Gasteiger partial charge in [-0.3, -0.25) is 4.79 Å². The average Bonchev–Trinajstić information content (AvgIpc) is 3.29. The number of piperidine rings is 1. The molecule has 8 nitrogen and oxygen atoms in total. The third-order valence-corrected chi connectivity index (χ3v) is 4.93. The van der Waals surface area contributed by atoms with E-state index >= 15 is 0 Å². The van der Waals surface area contributed by atoms with Crippen LogP contribution in [0.25, 0.3) is 5.82 Å². The normalized spacial score (nSPS) is 14.9. The third kappa shape index (κ3) is 3.64. The average molecular weight is 363 g/mol. The van der Waals surface area contributed by atoms with Crippen molar-refractivity contribution in [2.45, 2.75) is 12.8 Å². The summed E-state index contributed by atoms with van der Waals surface area (Å²) in [6, 6.07) is 11.7. The molecule has 0 aliphatic carbocycles. The molecule has 1 aliphatic heterocycles. The lowest BCUT2D eigenvalue weighted by Gasteiger charge is -2.33. The molecule has 0 saturated carbocycles. The fraction of sp³-hybridized carbons (Fsp3) is 0.316. The van der Waals surface area contributed by atoms with Crippen molar-refractivity contribution in [1.29, 1.82) is 0 Å². The molecule has 1 saturated heterocycles. The van der Waals surface area contributed by atoms with Crippen LogP contribution in [0.5, 0.6) is 0 Å². The van der Waals surface area contributed by atoms with Crippen LogP contribution in [0.2, 0.25) is 0 Å². The Kier molecular flexibility index (Phi) is 4.78. The van der Waals surface area contributed by atoms with E-state index in [2.05, 4.69) is 25.0 Å². The number of carbonyl (C=O) groups is 1. The fourth-order valence-electron chi connectivity index (χ4n) is 3.37. The van der Waals surface area contributed by atoms with Crippen LogP contribution in [-0.2, 0) is 4.79 Å². The van der Waals surface area contributed by atoms with Crippen LogP contribution >= 0.6 is 0 Å². The lowest BCUT2D eigenvalue weighted by Crippen LogP contribution is -2.41. The van der Waals surface area contributed by atoms with Crippen LogP contribution in [0.4, 0.5) is 11.5 Å². The number of benzene rings is 1. The molecule has 1 aromatic carbocycles. The molecule has 8 heteroatoms. The number of nitrogens with zero attached hydrogens (tertiary/aromatic N) is 7. The Balaban J connectivity index is 1.40. The van der Waals surface area contributed by atoms with Gasteiger partial charge in [-0.15, -0.1) is 0 Å². The monoisotopic (exact) mass is 363 g/mol. The van der Waals surface area contributed by atoms with Gasteiger partial charge in [-0.1, -0.05) is 18.2 Å². The smallest absolute Gasteiger partial charge is 0.229 e. The van der Waals surface area contributed by atoms with Crippen molar-refractivity contribution >= 4 is 17.4 Å². The molecule has 0 atom stereocenters. The molecule has 27 heavy (non-hydrogen) atoms. The van der Waals surface area contributed by atoms with E-state index in [4.69, 9.17) is 0 Å². The zero-order chi connectivity index (χ0) is 18.6. The summed E-state index contributed by atoms with van der Waals surface area (Å²) in [4.78, 5) is 29.3. The third-order valence-electron chi connectivity index (χ3n) is 4.93. The van der Waals surface area contributed by atoms with E-state index in [0.29, 0.717) is 5.82 Å². The van der Waals surface area contributed by atoms with Crippen LogP contribution in [0.15, 0.2) is 55.4 Å². The van der Waals surface area contributed by atoms with E-state index in [1.165, 1.54) is 12.7 Å². The van der Waals surface area contributed by atoms with Crippen molar-refractivity contribution in [2.24, 2.45) is 5.92 Å².